The van der Waals surface area contributed by atoms with Gasteiger partial charge in [-0.25, -0.2) is 0 Å². The average molecular weight is 278 g/mol. The lowest BCUT2D eigenvalue weighted by molar-refractivity contribution is 0.0999. The number of benzene rings is 1. The predicted molar refractivity (Wildman–Crippen MR) is 74.5 cm³/mol. The number of hydrogen-bond acceptors (Lipinski definition) is 2. The molecule has 2 nitrogen and oxygen atoms in total. The Bertz CT molecular complexity index is 620. The monoisotopic (exact) mass is 277 g/mol. The molecule has 0 saturated carbocycles. The molecule has 0 aliphatic heterocycles. The molecule has 3 rings (SSSR count). The molecule has 4 heteroatoms. The zero-order chi connectivity index (χ0) is 12.7. The number of rotatable bonds is 2. The third-order valence-corrected chi connectivity index (χ3v) is 4.73. The Morgan fingerprint density at radius 2 is 2.22 bits per heavy atom. The molecule has 1 atom stereocenters. The van der Waals surface area contributed by atoms with Crippen molar-refractivity contribution in [3.63, 3.8) is 0 Å². The number of carbonyl (C=O) groups is 1. The minimum Gasteiger partial charge on any atom is -0.366 e. The number of amides is 1. The predicted octanol–water partition coefficient (Wildman–Crippen LogP) is 3.58. The van der Waals surface area contributed by atoms with E-state index in [1.165, 1.54) is 11.1 Å². The van der Waals surface area contributed by atoms with Crippen molar-refractivity contribution < 1.29 is 4.79 Å². The van der Waals surface area contributed by atoms with Crippen LogP contribution in [0.1, 0.15) is 38.7 Å². The highest BCUT2D eigenvalue weighted by atomic mass is 35.5. The lowest BCUT2D eigenvalue weighted by Gasteiger charge is -2.11. The van der Waals surface area contributed by atoms with Crippen LogP contribution in [0.4, 0.5) is 0 Å². The Morgan fingerprint density at radius 3 is 3.00 bits per heavy atom. The third kappa shape index (κ3) is 1.84. The molecule has 1 aliphatic rings. The van der Waals surface area contributed by atoms with Crippen LogP contribution in [0.25, 0.3) is 0 Å². The first-order chi connectivity index (χ1) is 8.66. The summed E-state index contributed by atoms with van der Waals surface area (Å²) in [5, 5.41) is 2.68. The molecule has 1 aliphatic carbocycles. The van der Waals surface area contributed by atoms with Gasteiger partial charge in [0.1, 0.15) is 0 Å². The molecule has 92 valence electrons. The second-order valence-electron chi connectivity index (χ2n) is 4.50. The van der Waals surface area contributed by atoms with Gasteiger partial charge in [0, 0.05) is 15.8 Å². The van der Waals surface area contributed by atoms with Crippen LogP contribution in [0.3, 0.4) is 0 Å². The SMILES string of the molecule is NC(=O)c1ccsc1[C@@H]1CCc2ccc(Cl)cc21. The van der Waals surface area contributed by atoms with Gasteiger partial charge in [0.2, 0.25) is 5.91 Å². The maximum absolute atomic E-state index is 11.4. The fourth-order valence-corrected chi connectivity index (χ4v) is 3.88. The minimum atomic E-state index is -0.346. The summed E-state index contributed by atoms with van der Waals surface area (Å²) in [6, 6.07) is 7.82. The van der Waals surface area contributed by atoms with Gasteiger partial charge in [0.25, 0.3) is 0 Å². The van der Waals surface area contributed by atoms with Crippen molar-refractivity contribution in [3.8, 4) is 0 Å². The van der Waals surface area contributed by atoms with E-state index >= 15 is 0 Å². The first kappa shape index (κ1) is 11.8. The number of carbonyl (C=O) groups excluding carboxylic acids is 1. The topological polar surface area (TPSA) is 43.1 Å². The van der Waals surface area contributed by atoms with Crippen LogP contribution >= 0.6 is 22.9 Å². The molecule has 0 fully saturated rings. The highest BCUT2D eigenvalue weighted by molar-refractivity contribution is 7.10. The quantitative estimate of drug-likeness (QED) is 0.896. The van der Waals surface area contributed by atoms with E-state index < -0.39 is 0 Å². The highest BCUT2D eigenvalue weighted by Gasteiger charge is 2.28. The molecule has 0 bridgehead atoms. The van der Waals surface area contributed by atoms with Gasteiger partial charge in [-0.15, -0.1) is 11.3 Å². The molecule has 1 heterocycles. The van der Waals surface area contributed by atoms with Gasteiger partial charge in [-0.1, -0.05) is 17.7 Å². The zero-order valence-corrected chi connectivity index (χ0v) is 11.2. The van der Waals surface area contributed by atoms with Crippen molar-refractivity contribution in [3.05, 3.63) is 56.2 Å². The first-order valence-corrected chi connectivity index (χ1v) is 7.08. The van der Waals surface area contributed by atoms with Crippen molar-refractivity contribution in [2.24, 2.45) is 5.73 Å². The van der Waals surface area contributed by atoms with Crippen molar-refractivity contribution in [2.45, 2.75) is 18.8 Å². The van der Waals surface area contributed by atoms with Crippen LogP contribution in [0.5, 0.6) is 0 Å². The van der Waals surface area contributed by atoms with Crippen molar-refractivity contribution >= 4 is 28.8 Å². The van der Waals surface area contributed by atoms with E-state index in [0.29, 0.717) is 5.56 Å². The fourth-order valence-electron chi connectivity index (χ4n) is 2.64. The average Bonchev–Trinajstić information content (AvgIpc) is 2.92. The van der Waals surface area contributed by atoms with Crippen molar-refractivity contribution in [2.75, 3.05) is 0 Å². The highest BCUT2D eigenvalue weighted by Crippen LogP contribution is 2.42. The second-order valence-corrected chi connectivity index (χ2v) is 5.88. The van der Waals surface area contributed by atoms with E-state index in [4.69, 9.17) is 17.3 Å². The Morgan fingerprint density at radius 1 is 1.39 bits per heavy atom. The second kappa shape index (κ2) is 4.41. The Balaban J connectivity index is 2.08. The van der Waals surface area contributed by atoms with E-state index in [-0.39, 0.29) is 11.8 Å². The third-order valence-electron chi connectivity index (χ3n) is 3.46. The van der Waals surface area contributed by atoms with Gasteiger partial charge in [-0.05, 0) is 47.5 Å². The summed E-state index contributed by atoms with van der Waals surface area (Å²) in [6.45, 7) is 0. The molecule has 0 unspecified atom stereocenters. The molecule has 0 saturated heterocycles. The van der Waals surface area contributed by atoms with Crippen LogP contribution in [0, 0.1) is 0 Å². The van der Waals surface area contributed by atoms with Gasteiger partial charge in [0.15, 0.2) is 0 Å². The lowest BCUT2D eigenvalue weighted by atomic mass is 9.97. The van der Waals surface area contributed by atoms with Crippen molar-refractivity contribution in [1.82, 2.24) is 0 Å². The fraction of sp³-hybridized carbons (Fsp3) is 0.214. The number of nitrogens with two attached hydrogens (primary N) is 1. The molecule has 0 spiro atoms. The number of fused-ring (bicyclic) bond motifs is 1. The molecule has 1 aromatic heterocycles. The molecular formula is C14H12ClNOS. The maximum atomic E-state index is 11.4. The summed E-state index contributed by atoms with van der Waals surface area (Å²) < 4.78 is 0. The van der Waals surface area contributed by atoms with Crippen LogP contribution < -0.4 is 5.73 Å². The van der Waals surface area contributed by atoms with E-state index in [1.54, 1.807) is 11.3 Å². The van der Waals surface area contributed by atoms with Gasteiger partial charge < -0.3 is 5.73 Å². The largest absolute Gasteiger partial charge is 0.366 e. The smallest absolute Gasteiger partial charge is 0.249 e. The zero-order valence-electron chi connectivity index (χ0n) is 9.65. The van der Waals surface area contributed by atoms with Crippen LogP contribution in [0.15, 0.2) is 29.6 Å². The normalized spacial score (nSPS) is 17.7. The van der Waals surface area contributed by atoms with Gasteiger partial charge in [0.05, 0.1) is 5.56 Å². The molecule has 2 aromatic rings. The summed E-state index contributed by atoms with van der Waals surface area (Å²) in [6.07, 6.45) is 2.06. The summed E-state index contributed by atoms with van der Waals surface area (Å²) in [4.78, 5) is 12.5. The van der Waals surface area contributed by atoms with E-state index in [9.17, 15) is 4.79 Å². The Hall–Kier alpha value is -1.32. The summed E-state index contributed by atoms with van der Waals surface area (Å²) in [7, 11) is 0. The lowest BCUT2D eigenvalue weighted by Crippen LogP contribution is -2.13. The summed E-state index contributed by atoms with van der Waals surface area (Å²) >= 11 is 7.66. The summed E-state index contributed by atoms with van der Waals surface area (Å²) in [5.74, 6) is -0.0806. The van der Waals surface area contributed by atoms with Crippen LogP contribution in [-0.4, -0.2) is 5.91 Å². The Kier molecular flexibility index (Phi) is 2.88. The maximum Gasteiger partial charge on any atom is 0.249 e. The van der Waals surface area contributed by atoms with Crippen molar-refractivity contribution in [1.29, 1.82) is 0 Å². The minimum absolute atomic E-state index is 0.265. The van der Waals surface area contributed by atoms with Crippen LogP contribution in [0.2, 0.25) is 5.02 Å². The molecule has 2 N–H and O–H groups in total. The molecular weight excluding hydrogens is 266 g/mol. The van der Waals surface area contributed by atoms with Gasteiger partial charge >= 0.3 is 0 Å². The number of hydrogen-bond donors (Lipinski definition) is 1. The summed E-state index contributed by atoms with van der Waals surface area (Å²) in [5.41, 5.74) is 8.64. The standard InChI is InChI=1S/C14H12ClNOS/c15-9-3-1-8-2-4-10(12(8)7-9)13-11(14(16)17)5-6-18-13/h1,3,5-7,10H,2,4H2,(H2,16,17)/t10-/m1/s1. The number of thiophene rings is 1. The van der Waals surface area contributed by atoms with Crippen LogP contribution in [-0.2, 0) is 6.42 Å². The number of aryl methyl sites for hydroxylation is 1. The van der Waals surface area contributed by atoms with E-state index in [1.807, 2.05) is 23.6 Å². The molecule has 1 aromatic carbocycles. The number of primary amides is 1. The van der Waals surface area contributed by atoms with Gasteiger partial charge in [-0.3, -0.25) is 4.79 Å². The molecule has 0 radical (unpaired) electrons. The molecule has 18 heavy (non-hydrogen) atoms. The molecule has 1 amide bonds. The van der Waals surface area contributed by atoms with E-state index in [2.05, 4.69) is 6.07 Å². The van der Waals surface area contributed by atoms with E-state index in [0.717, 1.165) is 22.7 Å². The van der Waals surface area contributed by atoms with Gasteiger partial charge in [-0.2, -0.15) is 0 Å². The Labute approximate surface area is 114 Å². The first-order valence-electron chi connectivity index (χ1n) is 5.82. The number of halogens is 1.